The third-order valence-corrected chi connectivity index (χ3v) is 6.83. The van der Waals surface area contributed by atoms with Gasteiger partial charge in [0, 0.05) is 17.4 Å². The Labute approximate surface area is 116 Å². The van der Waals surface area contributed by atoms with Gasteiger partial charge in [-0.2, -0.15) is 0 Å². The average molecular weight is 287 g/mol. The Morgan fingerprint density at radius 3 is 2.26 bits per heavy atom. The van der Waals surface area contributed by atoms with Crippen molar-refractivity contribution >= 4 is 15.8 Å². The minimum absolute atomic E-state index is 0.0559. The van der Waals surface area contributed by atoms with Gasteiger partial charge in [-0.05, 0) is 44.9 Å². The topological polar surface area (TPSA) is 63.2 Å². The standard InChI is InChI=1S/C14H25NO3S/c1-12(2,3)15-19(17,18)9-14-7-6-10(8-11(14)16)13(14,4)5/h10,15H,6-9H2,1-5H3. The zero-order valence-electron chi connectivity index (χ0n) is 12.5. The van der Waals surface area contributed by atoms with Gasteiger partial charge >= 0.3 is 0 Å². The van der Waals surface area contributed by atoms with E-state index in [1.54, 1.807) is 0 Å². The van der Waals surface area contributed by atoms with Crippen molar-refractivity contribution in [2.45, 2.75) is 59.4 Å². The molecule has 0 amide bonds. The molecule has 2 saturated carbocycles. The summed E-state index contributed by atoms with van der Waals surface area (Å²) in [6, 6.07) is 0. The van der Waals surface area contributed by atoms with Crippen LogP contribution in [-0.2, 0) is 14.8 Å². The molecule has 0 aromatic heterocycles. The molecule has 2 aliphatic rings. The van der Waals surface area contributed by atoms with Crippen molar-refractivity contribution in [3.05, 3.63) is 0 Å². The number of hydrogen-bond donors (Lipinski definition) is 1. The first-order chi connectivity index (χ1) is 8.40. The molecule has 2 aliphatic carbocycles. The largest absolute Gasteiger partial charge is 0.299 e. The normalized spacial score (nSPS) is 33.9. The summed E-state index contributed by atoms with van der Waals surface area (Å²) in [6.07, 6.45) is 2.25. The Morgan fingerprint density at radius 1 is 1.32 bits per heavy atom. The molecule has 2 unspecified atom stereocenters. The van der Waals surface area contributed by atoms with Crippen LogP contribution in [0.1, 0.15) is 53.9 Å². The van der Waals surface area contributed by atoms with Crippen molar-refractivity contribution in [3.63, 3.8) is 0 Å². The van der Waals surface area contributed by atoms with Crippen LogP contribution in [-0.4, -0.2) is 25.5 Å². The predicted octanol–water partition coefficient (Wildman–Crippen LogP) is 2.10. The van der Waals surface area contributed by atoms with Crippen LogP contribution < -0.4 is 4.72 Å². The van der Waals surface area contributed by atoms with Crippen LogP contribution in [0.15, 0.2) is 0 Å². The lowest BCUT2D eigenvalue weighted by molar-refractivity contribution is -0.128. The van der Waals surface area contributed by atoms with E-state index in [0.29, 0.717) is 18.8 Å². The molecule has 19 heavy (non-hydrogen) atoms. The van der Waals surface area contributed by atoms with Crippen molar-refractivity contribution in [3.8, 4) is 0 Å². The van der Waals surface area contributed by atoms with Gasteiger partial charge in [-0.25, -0.2) is 13.1 Å². The summed E-state index contributed by atoms with van der Waals surface area (Å²) in [5, 5.41) is 0. The molecule has 0 heterocycles. The molecule has 0 aromatic rings. The SMILES string of the molecule is CC(C)(C)NS(=O)(=O)CC12CCC(CC1=O)C2(C)C. The summed E-state index contributed by atoms with van der Waals surface area (Å²) < 4.78 is 27.4. The molecule has 2 bridgehead atoms. The zero-order valence-corrected chi connectivity index (χ0v) is 13.4. The number of ketones is 1. The van der Waals surface area contributed by atoms with E-state index >= 15 is 0 Å². The Morgan fingerprint density at radius 2 is 1.89 bits per heavy atom. The molecule has 2 rings (SSSR count). The highest BCUT2D eigenvalue weighted by Crippen LogP contribution is 2.64. The third kappa shape index (κ3) is 2.35. The summed E-state index contributed by atoms with van der Waals surface area (Å²) in [7, 11) is -3.44. The van der Waals surface area contributed by atoms with Gasteiger partial charge in [-0.3, -0.25) is 4.79 Å². The summed E-state index contributed by atoms with van der Waals surface area (Å²) in [5.74, 6) is 0.442. The first-order valence-electron chi connectivity index (χ1n) is 6.95. The highest BCUT2D eigenvalue weighted by atomic mass is 32.2. The zero-order chi connectivity index (χ0) is 14.7. The maximum absolute atomic E-state index is 12.4. The molecule has 4 nitrogen and oxygen atoms in total. The molecular weight excluding hydrogens is 262 g/mol. The van der Waals surface area contributed by atoms with Crippen molar-refractivity contribution in [2.24, 2.45) is 16.7 Å². The van der Waals surface area contributed by atoms with E-state index < -0.39 is 21.0 Å². The van der Waals surface area contributed by atoms with Crippen molar-refractivity contribution in [1.82, 2.24) is 4.72 Å². The smallest absolute Gasteiger partial charge is 0.213 e. The first-order valence-corrected chi connectivity index (χ1v) is 8.60. The monoisotopic (exact) mass is 287 g/mol. The van der Waals surface area contributed by atoms with Crippen LogP contribution >= 0.6 is 0 Å². The summed E-state index contributed by atoms with van der Waals surface area (Å²) >= 11 is 0. The Hall–Kier alpha value is -0.420. The van der Waals surface area contributed by atoms with Crippen LogP contribution in [0.2, 0.25) is 0 Å². The predicted molar refractivity (Wildman–Crippen MR) is 75.2 cm³/mol. The second kappa shape index (κ2) is 4.04. The minimum atomic E-state index is -3.44. The fourth-order valence-electron chi connectivity index (χ4n) is 3.94. The van der Waals surface area contributed by atoms with E-state index in [0.717, 1.165) is 6.42 Å². The summed E-state index contributed by atoms with van der Waals surface area (Å²) in [6.45, 7) is 9.58. The van der Waals surface area contributed by atoms with Crippen LogP contribution in [0, 0.1) is 16.7 Å². The average Bonchev–Trinajstić information content (AvgIpc) is 2.46. The summed E-state index contributed by atoms with van der Waals surface area (Å²) in [4.78, 5) is 12.3. The second-order valence-corrected chi connectivity index (χ2v) is 9.50. The molecule has 2 atom stereocenters. The van der Waals surface area contributed by atoms with Gasteiger partial charge in [-0.1, -0.05) is 13.8 Å². The number of nitrogens with one attached hydrogen (secondary N) is 1. The van der Waals surface area contributed by atoms with Gasteiger partial charge < -0.3 is 0 Å². The van der Waals surface area contributed by atoms with Gasteiger partial charge in [0.2, 0.25) is 10.0 Å². The summed E-state index contributed by atoms with van der Waals surface area (Å²) in [5.41, 5.74) is -1.37. The van der Waals surface area contributed by atoms with E-state index in [2.05, 4.69) is 18.6 Å². The van der Waals surface area contributed by atoms with E-state index in [1.807, 2.05) is 20.8 Å². The highest BCUT2D eigenvalue weighted by molar-refractivity contribution is 7.89. The number of Topliss-reactive ketones (excluding diaryl/α,β-unsaturated/α-hetero) is 1. The van der Waals surface area contributed by atoms with E-state index in [1.165, 1.54) is 0 Å². The second-order valence-electron chi connectivity index (χ2n) is 7.78. The minimum Gasteiger partial charge on any atom is -0.299 e. The van der Waals surface area contributed by atoms with E-state index in [9.17, 15) is 13.2 Å². The fourth-order valence-corrected chi connectivity index (χ4v) is 6.27. The molecule has 0 saturated heterocycles. The Balaban J connectivity index is 2.30. The lowest BCUT2D eigenvalue weighted by atomic mass is 9.70. The van der Waals surface area contributed by atoms with Crippen molar-refractivity contribution < 1.29 is 13.2 Å². The van der Waals surface area contributed by atoms with Crippen LogP contribution in [0.4, 0.5) is 0 Å². The van der Waals surface area contributed by atoms with Gasteiger partial charge in [0.05, 0.1) is 5.75 Å². The number of sulfonamides is 1. The van der Waals surface area contributed by atoms with Gasteiger partial charge in [0.1, 0.15) is 5.78 Å². The van der Waals surface area contributed by atoms with Gasteiger partial charge in [0.25, 0.3) is 0 Å². The molecule has 0 aliphatic heterocycles. The van der Waals surface area contributed by atoms with Crippen molar-refractivity contribution in [1.29, 1.82) is 0 Å². The molecule has 110 valence electrons. The maximum atomic E-state index is 12.4. The molecular formula is C14H25NO3S. The molecule has 5 heteroatoms. The fraction of sp³-hybridized carbons (Fsp3) is 0.929. The molecule has 2 fully saturated rings. The number of rotatable bonds is 3. The lowest BCUT2D eigenvalue weighted by Crippen LogP contribution is -2.49. The maximum Gasteiger partial charge on any atom is 0.213 e. The number of carbonyl (C=O) groups is 1. The first kappa shape index (κ1) is 15.0. The third-order valence-electron chi connectivity index (χ3n) is 5.04. The Bertz CT molecular complexity index is 501. The number of hydrogen-bond acceptors (Lipinski definition) is 3. The molecule has 0 spiro atoms. The van der Waals surface area contributed by atoms with Crippen molar-refractivity contribution in [2.75, 3.05) is 5.75 Å². The number of carbonyl (C=O) groups excluding carboxylic acids is 1. The molecule has 0 radical (unpaired) electrons. The van der Waals surface area contributed by atoms with E-state index in [4.69, 9.17) is 0 Å². The van der Waals surface area contributed by atoms with Crippen LogP contribution in [0.5, 0.6) is 0 Å². The highest BCUT2D eigenvalue weighted by Gasteiger charge is 2.65. The lowest BCUT2D eigenvalue weighted by Gasteiger charge is -2.37. The number of fused-ring (bicyclic) bond motifs is 2. The van der Waals surface area contributed by atoms with Crippen LogP contribution in [0.3, 0.4) is 0 Å². The van der Waals surface area contributed by atoms with Crippen LogP contribution in [0.25, 0.3) is 0 Å². The molecule has 0 aromatic carbocycles. The van der Waals surface area contributed by atoms with E-state index in [-0.39, 0.29) is 17.0 Å². The molecule has 1 N–H and O–H groups in total. The van der Waals surface area contributed by atoms with Gasteiger partial charge in [0.15, 0.2) is 0 Å². The van der Waals surface area contributed by atoms with Gasteiger partial charge in [-0.15, -0.1) is 0 Å². The quantitative estimate of drug-likeness (QED) is 0.864. The Kier molecular flexibility index (Phi) is 3.19.